The SMILES string of the molecule is C/C(=N/NC(=O)c1cc(-c2ccc(F)cc2)nc(-c2ccc(Cl)cc2)c1)c1ccc(Br)cc1. The van der Waals surface area contributed by atoms with Crippen LogP contribution < -0.4 is 5.43 Å². The molecule has 0 atom stereocenters. The number of amides is 1. The number of carbonyl (C=O) groups is 1. The Hall–Kier alpha value is -3.35. The number of carbonyl (C=O) groups excluding carboxylic acids is 1. The molecule has 33 heavy (non-hydrogen) atoms. The summed E-state index contributed by atoms with van der Waals surface area (Å²) >= 11 is 9.42. The Labute approximate surface area is 204 Å². The summed E-state index contributed by atoms with van der Waals surface area (Å²) in [6.07, 6.45) is 0. The van der Waals surface area contributed by atoms with E-state index in [-0.39, 0.29) is 11.7 Å². The molecule has 1 amide bonds. The van der Waals surface area contributed by atoms with Crippen molar-refractivity contribution in [3.05, 3.63) is 111 Å². The van der Waals surface area contributed by atoms with Crippen molar-refractivity contribution in [3.8, 4) is 22.5 Å². The molecule has 1 aromatic heterocycles. The van der Waals surface area contributed by atoms with Gasteiger partial charge in [-0.05, 0) is 73.2 Å². The lowest BCUT2D eigenvalue weighted by atomic mass is 10.0. The van der Waals surface area contributed by atoms with E-state index in [1.54, 1.807) is 36.4 Å². The number of nitrogens with one attached hydrogen (secondary N) is 1. The van der Waals surface area contributed by atoms with Gasteiger partial charge in [-0.1, -0.05) is 51.8 Å². The first-order valence-corrected chi connectivity index (χ1v) is 11.2. The predicted molar refractivity (Wildman–Crippen MR) is 134 cm³/mol. The normalized spacial score (nSPS) is 11.3. The highest BCUT2D eigenvalue weighted by Gasteiger charge is 2.13. The molecule has 0 aliphatic rings. The van der Waals surface area contributed by atoms with Gasteiger partial charge in [0.05, 0.1) is 17.1 Å². The Morgan fingerprint density at radius 3 is 2.00 bits per heavy atom. The molecule has 0 unspecified atom stereocenters. The summed E-state index contributed by atoms with van der Waals surface area (Å²) in [5.74, 6) is -0.726. The van der Waals surface area contributed by atoms with E-state index in [4.69, 9.17) is 11.6 Å². The maximum Gasteiger partial charge on any atom is 0.271 e. The number of hydrazone groups is 1. The Morgan fingerprint density at radius 2 is 1.42 bits per heavy atom. The highest BCUT2D eigenvalue weighted by Crippen LogP contribution is 2.26. The summed E-state index contributed by atoms with van der Waals surface area (Å²) in [5, 5.41) is 4.84. The summed E-state index contributed by atoms with van der Waals surface area (Å²) in [5.41, 5.74) is 7.17. The smallest absolute Gasteiger partial charge is 0.267 e. The van der Waals surface area contributed by atoms with Crippen LogP contribution >= 0.6 is 27.5 Å². The lowest BCUT2D eigenvalue weighted by molar-refractivity contribution is 0.0955. The number of benzene rings is 3. The summed E-state index contributed by atoms with van der Waals surface area (Å²) in [6.45, 7) is 1.82. The summed E-state index contributed by atoms with van der Waals surface area (Å²) < 4.78 is 14.4. The molecule has 0 fully saturated rings. The molecular formula is C26H18BrClFN3O. The van der Waals surface area contributed by atoms with Gasteiger partial charge < -0.3 is 0 Å². The van der Waals surface area contributed by atoms with Crippen molar-refractivity contribution in [1.29, 1.82) is 0 Å². The molecule has 0 saturated heterocycles. The number of hydrogen-bond acceptors (Lipinski definition) is 3. The Bertz CT molecular complexity index is 1260. The number of pyridine rings is 1. The lowest BCUT2D eigenvalue weighted by Crippen LogP contribution is -2.19. The fourth-order valence-corrected chi connectivity index (χ4v) is 3.54. The van der Waals surface area contributed by atoms with Crippen LogP contribution in [0.2, 0.25) is 5.02 Å². The van der Waals surface area contributed by atoms with E-state index in [0.29, 0.717) is 33.2 Å². The number of hydrogen-bond donors (Lipinski definition) is 1. The Morgan fingerprint density at radius 1 is 0.879 bits per heavy atom. The molecule has 0 aliphatic heterocycles. The minimum absolute atomic E-state index is 0.344. The van der Waals surface area contributed by atoms with Crippen LogP contribution in [0, 0.1) is 5.82 Å². The molecule has 4 rings (SSSR count). The van der Waals surface area contributed by atoms with Crippen molar-refractivity contribution in [3.63, 3.8) is 0 Å². The molecule has 7 heteroatoms. The second kappa shape index (κ2) is 10.1. The number of halogens is 3. The van der Waals surface area contributed by atoms with E-state index in [1.807, 2.05) is 43.3 Å². The molecule has 0 saturated carbocycles. The molecule has 0 radical (unpaired) electrons. The first-order chi connectivity index (χ1) is 15.9. The van der Waals surface area contributed by atoms with Gasteiger partial charge >= 0.3 is 0 Å². The second-order valence-electron chi connectivity index (χ2n) is 7.29. The molecule has 4 nitrogen and oxygen atoms in total. The third-order valence-corrected chi connectivity index (χ3v) is 5.74. The second-order valence-corrected chi connectivity index (χ2v) is 8.64. The van der Waals surface area contributed by atoms with Gasteiger partial charge in [0.15, 0.2) is 0 Å². The molecule has 1 heterocycles. The van der Waals surface area contributed by atoms with Crippen LogP contribution in [0.3, 0.4) is 0 Å². The van der Waals surface area contributed by atoms with Crippen molar-refractivity contribution in [2.45, 2.75) is 6.92 Å². The molecular weight excluding hydrogens is 505 g/mol. The maximum atomic E-state index is 13.4. The third-order valence-electron chi connectivity index (χ3n) is 4.95. The van der Waals surface area contributed by atoms with Crippen LogP contribution in [0.15, 0.2) is 94.5 Å². The first-order valence-electron chi connectivity index (χ1n) is 10.0. The predicted octanol–water partition coefficient (Wildman–Crippen LogP) is 7.12. The van der Waals surface area contributed by atoms with E-state index in [2.05, 4.69) is 31.4 Å². The maximum absolute atomic E-state index is 13.4. The highest BCUT2D eigenvalue weighted by atomic mass is 79.9. The molecule has 1 N–H and O–H groups in total. The van der Waals surface area contributed by atoms with Crippen molar-refractivity contribution < 1.29 is 9.18 Å². The van der Waals surface area contributed by atoms with Gasteiger partial charge in [-0.25, -0.2) is 14.8 Å². The average Bonchev–Trinajstić information content (AvgIpc) is 2.83. The zero-order valence-corrected chi connectivity index (χ0v) is 19.9. The van der Waals surface area contributed by atoms with Gasteiger partial charge in [0.2, 0.25) is 0 Å². The van der Waals surface area contributed by atoms with Crippen LogP contribution in [-0.2, 0) is 0 Å². The monoisotopic (exact) mass is 521 g/mol. The number of aromatic nitrogens is 1. The van der Waals surface area contributed by atoms with Crippen LogP contribution in [0.25, 0.3) is 22.5 Å². The van der Waals surface area contributed by atoms with Gasteiger partial charge in [-0.2, -0.15) is 5.10 Å². The largest absolute Gasteiger partial charge is 0.271 e. The molecule has 0 aliphatic carbocycles. The van der Waals surface area contributed by atoms with Gasteiger partial charge in [0.1, 0.15) is 5.82 Å². The van der Waals surface area contributed by atoms with Crippen molar-refractivity contribution in [2.24, 2.45) is 5.10 Å². The van der Waals surface area contributed by atoms with E-state index in [1.165, 1.54) is 12.1 Å². The summed E-state index contributed by atoms with van der Waals surface area (Å²) in [4.78, 5) is 17.7. The molecule has 3 aromatic carbocycles. The summed E-state index contributed by atoms with van der Waals surface area (Å²) in [7, 11) is 0. The van der Waals surface area contributed by atoms with Crippen LogP contribution in [0.1, 0.15) is 22.8 Å². The zero-order valence-electron chi connectivity index (χ0n) is 17.5. The van der Waals surface area contributed by atoms with Gasteiger partial charge in [-0.3, -0.25) is 4.79 Å². The van der Waals surface area contributed by atoms with Crippen molar-refractivity contribution in [2.75, 3.05) is 0 Å². The molecule has 0 bridgehead atoms. The topological polar surface area (TPSA) is 54.4 Å². The van der Waals surface area contributed by atoms with E-state index < -0.39 is 0 Å². The molecule has 0 spiro atoms. The molecule has 164 valence electrons. The van der Waals surface area contributed by atoms with E-state index in [9.17, 15) is 9.18 Å². The minimum Gasteiger partial charge on any atom is -0.267 e. The third kappa shape index (κ3) is 5.72. The van der Waals surface area contributed by atoms with E-state index >= 15 is 0 Å². The van der Waals surface area contributed by atoms with Crippen LogP contribution in [-0.4, -0.2) is 16.6 Å². The lowest BCUT2D eigenvalue weighted by Gasteiger charge is -2.10. The quantitative estimate of drug-likeness (QED) is 0.224. The van der Waals surface area contributed by atoms with Crippen molar-refractivity contribution >= 4 is 39.1 Å². The molecule has 4 aromatic rings. The van der Waals surface area contributed by atoms with Crippen LogP contribution in [0.5, 0.6) is 0 Å². The number of rotatable bonds is 5. The Kier molecular flexibility index (Phi) is 6.96. The first kappa shape index (κ1) is 22.8. The zero-order chi connectivity index (χ0) is 23.4. The van der Waals surface area contributed by atoms with Crippen LogP contribution in [0.4, 0.5) is 4.39 Å². The fourth-order valence-electron chi connectivity index (χ4n) is 3.15. The number of nitrogens with zero attached hydrogens (tertiary/aromatic N) is 2. The average molecular weight is 523 g/mol. The van der Waals surface area contributed by atoms with E-state index in [0.717, 1.165) is 15.6 Å². The summed E-state index contributed by atoms with van der Waals surface area (Å²) in [6, 6.07) is 24.1. The standard InChI is InChI=1S/C26H18BrClFN3O/c1-16(17-2-8-21(27)9-3-17)31-32-26(33)20-14-24(18-4-10-22(28)11-5-18)30-25(15-20)19-6-12-23(29)13-7-19/h2-15H,1H3,(H,32,33)/b31-16-. The van der Waals surface area contributed by atoms with Gasteiger partial charge in [-0.15, -0.1) is 0 Å². The Balaban J connectivity index is 1.69. The fraction of sp³-hybridized carbons (Fsp3) is 0.0385. The van der Waals surface area contributed by atoms with Gasteiger partial charge in [0.25, 0.3) is 5.91 Å². The highest BCUT2D eigenvalue weighted by molar-refractivity contribution is 9.10. The van der Waals surface area contributed by atoms with Crippen molar-refractivity contribution in [1.82, 2.24) is 10.4 Å². The van der Waals surface area contributed by atoms with Gasteiger partial charge in [0, 0.05) is 26.2 Å². The minimum atomic E-state index is -0.382.